The highest BCUT2D eigenvalue weighted by atomic mass is 13.7. The monoisotopic (exact) mass is 94.1 g/mol. The molecule has 0 aromatic heterocycles. The van der Waals surface area contributed by atoms with Gasteiger partial charge in [-0.05, 0) is 0 Å². The van der Waals surface area contributed by atoms with Crippen LogP contribution >= 0.6 is 0 Å². The molecule has 0 bridgehead atoms. The lowest BCUT2D eigenvalue weighted by molar-refractivity contribution is 1.07. The van der Waals surface area contributed by atoms with E-state index >= 15 is 0 Å². The van der Waals surface area contributed by atoms with Crippen LogP contribution in [0.4, 0.5) is 0 Å². The average molecular weight is 93.8 g/mol. The van der Waals surface area contributed by atoms with Crippen LogP contribution in [0.1, 0.15) is 13.8 Å². The third kappa shape index (κ3) is 5.87. The van der Waals surface area contributed by atoms with E-state index in [0.29, 0.717) is 0 Å². The molecule has 0 amide bonds. The summed E-state index contributed by atoms with van der Waals surface area (Å²) in [5.41, 5.74) is 0. The smallest absolute Gasteiger partial charge is 0.136 e. The normalized spacial score (nSPS) is 10.7. The molecule has 0 radical (unpaired) electrons. The van der Waals surface area contributed by atoms with E-state index < -0.39 is 0 Å². The molecule has 38 valence electrons. The lowest BCUT2D eigenvalue weighted by Crippen LogP contribution is -1.88. The molecule has 0 aromatic rings. The maximum Gasteiger partial charge on any atom is 0.149 e. The Bertz CT molecular complexity index is 57.1. The average Bonchev–Trinajstić information content (AvgIpc) is 1.61. The summed E-state index contributed by atoms with van der Waals surface area (Å²) in [4.78, 5) is 0. The van der Waals surface area contributed by atoms with E-state index in [9.17, 15) is 0 Å². The minimum Gasteiger partial charge on any atom is -0.136 e. The van der Waals surface area contributed by atoms with E-state index in [2.05, 4.69) is 33.6 Å². The van der Waals surface area contributed by atoms with Gasteiger partial charge in [0, 0.05) is 0 Å². The van der Waals surface area contributed by atoms with E-state index in [1.54, 1.807) is 0 Å². The zero-order valence-electron chi connectivity index (χ0n) is 5.44. The molecule has 0 unspecified atom stereocenters. The first-order chi connectivity index (χ1) is 3.27. The van der Waals surface area contributed by atoms with E-state index in [-0.39, 0.29) is 0 Å². The van der Waals surface area contributed by atoms with Gasteiger partial charge < -0.3 is 0 Å². The molecule has 0 heterocycles. The lowest BCUT2D eigenvalue weighted by atomic mass is 9.66. The summed E-state index contributed by atoms with van der Waals surface area (Å²) in [6.07, 6.45) is 0. The van der Waals surface area contributed by atoms with Crippen molar-refractivity contribution in [2.75, 3.05) is 0 Å². The Kier molecular flexibility index (Phi) is 3.97. The van der Waals surface area contributed by atoms with Gasteiger partial charge in [0.1, 0.15) is 15.1 Å². The second-order valence-electron chi connectivity index (χ2n) is 2.20. The highest BCUT2D eigenvalue weighted by Crippen LogP contribution is 1.95. The van der Waals surface area contributed by atoms with Crippen LogP contribution in [0.5, 0.6) is 0 Å². The highest BCUT2D eigenvalue weighted by molar-refractivity contribution is 6.45. The van der Waals surface area contributed by atoms with Gasteiger partial charge in [-0.2, -0.15) is 0 Å². The molecule has 0 atom stereocenters. The maximum atomic E-state index is 2.22. The molecule has 0 aromatic carbocycles. The summed E-state index contributed by atoms with van der Waals surface area (Å²) in [5.74, 6) is 5.11. The number of hydrogen-bond donors (Lipinski definition) is 0. The van der Waals surface area contributed by atoms with Crippen molar-refractivity contribution in [2.24, 2.45) is 0 Å². The van der Waals surface area contributed by atoms with Gasteiger partial charge in [-0.3, -0.25) is 0 Å². The first-order valence-electron chi connectivity index (χ1n) is 2.88. The Morgan fingerprint density at radius 3 is 2.29 bits per heavy atom. The predicted octanol–water partition coefficient (Wildman–Crippen LogP) is 0.355. The van der Waals surface area contributed by atoms with Gasteiger partial charge in [-0.1, -0.05) is 19.7 Å². The molecule has 0 spiro atoms. The Morgan fingerprint density at radius 1 is 1.57 bits per heavy atom. The van der Waals surface area contributed by atoms with Crippen LogP contribution in [0.15, 0.2) is 12.0 Å². The quantitative estimate of drug-likeness (QED) is 0.433. The Morgan fingerprint density at radius 2 is 2.14 bits per heavy atom. The Labute approximate surface area is 47.6 Å². The fourth-order valence-electron chi connectivity index (χ4n) is 0.408. The van der Waals surface area contributed by atoms with Gasteiger partial charge in [0.25, 0.3) is 0 Å². The molecule has 0 rings (SSSR count). The van der Waals surface area contributed by atoms with Crippen molar-refractivity contribution in [3.05, 3.63) is 12.0 Å². The molecule has 0 aliphatic heterocycles. The summed E-state index contributed by atoms with van der Waals surface area (Å²) in [6.45, 7) is 4.44. The van der Waals surface area contributed by atoms with Gasteiger partial charge in [-0.15, -0.1) is 12.0 Å². The molecule has 2 heteroatoms. The van der Waals surface area contributed by atoms with Gasteiger partial charge in [-0.25, -0.2) is 0 Å². The van der Waals surface area contributed by atoms with Crippen molar-refractivity contribution in [1.29, 1.82) is 0 Å². The summed E-state index contributed by atoms with van der Waals surface area (Å²) in [5, 5.41) is 0. The van der Waals surface area contributed by atoms with Crippen LogP contribution < -0.4 is 0 Å². The van der Waals surface area contributed by atoms with Crippen molar-refractivity contribution < 1.29 is 0 Å². The molecular formula is C5H12B2. The topological polar surface area (TPSA) is 0 Å². The standard InChI is InChI=1S/C5H12B2/c1-5(2)7-4-3-6/h3-5,7H,6H2,1-2H3/b4-3+. The number of hydrogen-bond acceptors (Lipinski definition) is 0. The van der Waals surface area contributed by atoms with Crippen LogP contribution in [0, 0.1) is 0 Å². The van der Waals surface area contributed by atoms with Gasteiger partial charge >= 0.3 is 0 Å². The second kappa shape index (κ2) is 4.04. The van der Waals surface area contributed by atoms with Gasteiger partial charge in [0.2, 0.25) is 0 Å². The Balaban J connectivity index is 2.97. The fraction of sp³-hybridized carbons (Fsp3) is 0.600. The summed E-state index contributed by atoms with van der Waals surface area (Å²) < 4.78 is 0. The van der Waals surface area contributed by atoms with Crippen molar-refractivity contribution in [2.45, 2.75) is 19.7 Å². The zero-order chi connectivity index (χ0) is 5.70. The van der Waals surface area contributed by atoms with Crippen LogP contribution in [0.25, 0.3) is 0 Å². The molecule has 0 N–H and O–H groups in total. The van der Waals surface area contributed by atoms with Gasteiger partial charge in [0.15, 0.2) is 0 Å². The molecular weight excluding hydrogens is 81.7 g/mol. The minimum absolute atomic E-state index is 0.816. The Hall–Kier alpha value is -0.130. The summed E-state index contributed by atoms with van der Waals surface area (Å²) in [7, 11) is 3.28. The third-order valence-electron chi connectivity index (χ3n) is 0.843. The fourth-order valence-corrected chi connectivity index (χ4v) is 0.408. The van der Waals surface area contributed by atoms with E-state index in [4.69, 9.17) is 0 Å². The minimum atomic E-state index is 0.816. The summed E-state index contributed by atoms with van der Waals surface area (Å²) >= 11 is 0. The molecule has 0 aliphatic carbocycles. The van der Waals surface area contributed by atoms with Crippen molar-refractivity contribution in [3.8, 4) is 0 Å². The largest absolute Gasteiger partial charge is 0.149 e. The van der Waals surface area contributed by atoms with E-state index in [0.717, 1.165) is 5.82 Å². The lowest BCUT2D eigenvalue weighted by Gasteiger charge is -1.91. The first kappa shape index (κ1) is 6.87. The van der Waals surface area contributed by atoms with Crippen LogP contribution in [-0.2, 0) is 0 Å². The highest BCUT2D eigenvalue weighted by Gasteiger charge is 1.87. The van der Waals surface area contributed by atoms with Crippen molar-refractivity contribution in [1.82, 2.24) is 0 Å². The van der Waals surface area contributed by atoms with Crippen molar-refractivity contribution >= 4 is 15.1 Å². The maximum absolute atomic E-state index is 2.22. The molecule has 0 nitrogen and oxygen atoms in total. The first-order valence-corrected chi connectivity index (χ1v) is 2.88. The number of rotatable bonds is 2. The molecule has 0 saturated carbocycles. The van der Waals surface area contributed by atoms with Crippen LogP contribution in [0.3, 0.4) is 0 Å². The van der Waals surface area contributed by atoms with E-state index in [1.807, 2.05) is 0 Å². The van der Waals surface area contributed by atoms with E-state index in [1.165, 1.54) is 7.28 Å². The second-order valence-corrected chi connectivity index (χ2v) is 2.20. The SMILES string of the molecule is B/C=C/BC(C)C. The summed E-state index contributed by atoms with van der Waals surface area (Å²) in [6, 6.07) is 0. The third-order valence-corrected chi connectivity index (χ3v) is 0.843. The molecule has 0 fully saturated rings. The predicted molar refractivity (Wildman–Crippen MR) is 39.9 cm³/mol. The van der Waals surface area contributed by atoms with Crippen LogP contribution in [-0.4, -0.2) is 15.1 Å². The molecule has 7 heavy (non-hydrogen) atoms. The molecule has 0 aliphatic rings. The molecule has 0 saturated heterocycles. The van der Waals surface area contributed by atoms with Crippen molar-refractivity contribution in [3.63, 3.8) is 0 Å². The zero-order valence-corrected chi connectivity index (χ0v) is 5.44. The van der Waals surface area contributed by atoms with Crippen LogP contribution in [0.2, 0.25) is 5.82 Å². The van der Waals surface area contributed by atoms with Gasteiger partial charge in [0.05, 0.1) is 0 Å².